The molecule has 2 saturated heterocycles. The fourth-order valence-electron chi connectivity index (χ4n) is 7.51. The van der Waals surface area contributed by atoms with Crippen molar-refractivity contribution in [3.8, 4) is 11.8 Å². The molecule has 316 valence electrons. The number of ether oxygens (including phenoxy) is 3. The molecule has 4 atom stereocenters. The van der Waals surface area contributed by atoms with Crippen LogP contribution >= 0.6 is 11.8 Å². The molecule has 0 radical (unpaired) electrons. The van der Waals surface area contributed by atoms with Crippen LogP contribution in [-0.4, -0.2) is 105 Å². The number of urea groups is 1. The van der Waals surface area contributed by atoms with Crippen LogP contribution in [-0.2, 0) is 30.4 Å². The van der Waals surface area contributed by atoms with Crippen LogP contribution in [0, 0.1) is 11.8 Å². The second-order valence-electron chi connectivity index (χ2n) is 15.0. The lowest BCUT2D eigenvalue weighted by molar-refractivity contribution is -0.121. The number of fused-ring (bicyclic) bond motifs is 3. The molecule has 0 bridgehead atoms. The Kier molecular flexibility index (Phi) is 15.3. The van der Waals surface area contributed by atoms with Gasteiger partial charge in [0.05, 0.1) is 48.8 Å². The number of nitrogens with one attached hydrogen (secondary N) is 4. The van der Waals surface area contributed by atoms with E-state index in [0.29, 0.717) is 81.7 Å². The van der Waals surface area contributed by atoms with E-state index in [2.05, 4.69) is 38.3 Å². The number of thioether (sulfide) groups is 1. The average molecular weight is 837 g/mol. The maximum absolute atomic E-state index is 13.8. The highest BCUT2D eigenvalue weighted by molar-refractivity contribution is 8.00. The van der Waals surface area contributed by atoms with E-state index in [0.717, 1.165) is 59.5 Å². The Morgan fingerprint density at radius 2 is 1.58 bits per heavy atom. The van der Waals surface area contributed by atoms with Crippen LogP contribution in [0.4, 0.5) is 15.3 Å². The van der Waals surface area contributed by atoms with Crippen LogP contribution in [0.3, 0.4) is 0 Å². The van der Waals surface area contributed by atoms with Crippen molar-refractivity contribution in [2.75, 3.05) is 56.7 Å². The van der Waals surface area contributed by atoms with E-state index >= 15 is 0 Å². The van der Waals surface area contributed by atoms with E-state index in [1.807, 2.05) is 78.5 Å². The molecule has 7 rings (SSSR count). The first kappa shape index (κ1) is 42.6. The van der Waals surface area contributed by atoms with Crippen LogP contribution in [0.1, 0.15) is 77.6 Å². The zero-order valence-electron chi connectivity index (χ0n) is 33.6. The molecule has 15 heteroatoms. The second-order valence-corrected chi connectivity index (χ2v) is 16.3. The van der Waals surface area contributed by atoms with Crippen molar-refractivity contribution in [3.05, 3.63) is 101 Å². The molecule has 0 saturated carbocycles. The van der Waals surface area contributed by atoms with Crippen molar-refractivity contribution in [2.45, 2.75) is 75.0 Å². The molecule has 4 N–H and O–H groups in total. The van der Waals surface area contributed by atoms with Gasteiger partial charge in [-0.15, -0.1) is 0 Å². The van der Waals surface area contributed by atoms with E-state index in [1.165, 1.54) is 0 Å². The zero-order valence-corrected chi connectivity index (χ0v) is 34.4. The third-order valence-corrected chi connectivity index (χ3v) is 12.2. The number of para-hydroxylation sites is 1. The number of benzene rings is 3. The van der Waals surface area contributed by atoms with Crippen molar-refractivity contribution in [3.63, 3.8) is 0 Å². The largest absolute Gasteiger partial charge is 0.445 e. The van der Waals surface area contributed by atoms with E-state index < -0.39 is 6.09 Å². The molecular weight excluding hydrogens is 785 g/mol. The SMILES string of the molecule is O=C(CCCC[C@@H]1SC[C@@H]2NC(=O)N[C@@H]21)NCCCOCCOCCCNC(=O)OCc1ccc(C2=NOC(CN3C(=O)c4ccccc4C#Cc4ccccc43)C2)cc1. The van der Waals surface area contributed by atoms with Crippen LogP contribution < -0.4 is 26.2 Å². The number of alkyl carbamates (subject to hydrolysis) is 1. The number of nitrogens with zero attached hydrogens (tertiary/aromatic N) is 2. The Morgan fingerprint density at radius 3 is 2.40 bits per heavy atom. The fourth-order valence-corrected chi connectivity index (χ4v) is 9.05. The molecule has 4 aliphatic rings. The van der Waals surface area contributed by atoms with Gasteiger partial charge in [-0.3, -0.25) is 9.59 Å². The smallest absolute Gasteiger partial charge is 0.407 e. The number of carbonyl (C=O) groups is 4. The summed E-state index contributed by atoms with van der Waals surface area (Å²) in [6.07, 6.45) is 4.38. The molecule has 4 heterocycles. The number of hydrogen-bond acceptors (Lipinski definition) is 10. The molecule has 0 aromatic heterocycles. The summed E-state index contributed by atoms with van der Waals surface area (Å²) in [5.74, 6) is 7.25. The summed E-state index contributed by atoms with van der Waals surface area (Å²) in [4.78, 5) is 57.2. The van der Waals surface area contributed by atoms with Gasteiger partial charge in [-0.1, -0.05) is 71.9 Å². The summed E-state index contributed by atoms with van der Waals surface area (Å²) in [6, 6.07) is 23.0. The van der Waals surface area contributed by atoms with Gasteiger partial charge >= 0.3 is 12.1 Å². The van der Waals surface area contributed by atoms with Gasteiger partial charge in [-0.2, -0.15) is 11.8 Å². The fraction of sp³-hybridized carbons (Fsp3) is 0.444. The first-order valence-corrected chi connectivity index (χ1v) is 21.8. The Morgan fingerprint density at radius 1 is 0.850 bits per heavy atom. The number of anilines is 1. The number of amides is 5. The van der Waals surface area contributed by atoms with E-state index in [1.54, 1.807) is 11.0 Å². The molecule has 0 aliphatic carbocycles. The van der Waals surface area contributed by atoms with Gasteiger partial charge in [-0.25, -0.2) is 9.59 Å². The number of hydrogen-bond donors (Lipinski definition) is 4. The Hall–Kier alpha value is -5.56. The lowest BCUT2D eigenvalue weighted by atomic mass is 10.0. The number of rotatable bonds is 21. The van der Waals surface area contributed by atoms with Crippen molar-refractivity contribution < 1.29 is 38.2 Å². The molecule has 4 aliphatic heterocycles. The minimum absolute atomic E-state index is 0.0602. The van der Waals surface area contributed by atoms with E-state index in [4.69, 9.17) is 19.0 Å². The first-order valence-electron chi connectivity index (χ1n) is 20.8. The minimum atomic E-state index is -0.501. The van der Waals surface area contributed by atoms with Gasteiger partial charge in [-0.05, 0) is 61.1 Å². The van der Waals surface area contributed by atoms with Crippen molar-refractivity contribution in [2.24, 2.45) is 5.16 Å². The molecule has 3 aromatic rings. The topological polar surface area (TPSA) is 169 Å². The maximum Gasteiger partial charge on any atom is 0.407 e. The highest BCUT2D eigenvalue weighted by Crippen LogP contribution is 2.33. The summed E-state index contributed by atoms with van der Waals surface area (Å²) in [6.45, 7) is 3.36. The minimum Gasteiger partial charge on any atom is -0.445 e. The molecular formula is C45H52N6O8S. The summed E-state index contributed by atoms with van der Waals surface area (Å²) < 4.78 is 16.6. The predicted molar refractivity (Wildman–Crippen MR) is 229 cm³/mol. The Labute approximate surface area is 354 Å². The van der Waals surface area contributed by atoms with E-state index in [9.17, 15) is 19.2 Å². The quantitative estimate of drug-likeness (QED) is 0.0647. The molecule has 1 unspecified atom stereocenters. The van der Waals surface area contributed by atoms with Gasteiger partial charge in [0.1, 0.15) is 6.61 Å². The van der Waals surface area contributed by atoms with Crippen LogP contribution in [0.2, 0.25) is 0 Å². The summed E-state index contributed by atoms with van der Waals surface area (Å²) in [5, 5.41) is 16.4. The highest BCUT2D eigenvalue weighted by Gasteiger charge is 2.42. The molecule has 0 spiro atoms. The molecule has 14 nitrogen and oxygen atoms in total. The highest BCUT2D eigenvalue weighted by atomic mass is 32.2. The lowest BCUT2D eigenvalue weighted by Gasteiger charge is -2.27. The maximum atomic E-state index is 13.8. The van der Waals surface area contributed by atoms with Crippen LogP contribution in [0.25, 0.3) is 0 Å². The second kappa shape index (κ2) is 21.6. The normalized spacial score (nSPS) is 19.9. The summed E-state index contributed by atoms with van der Waals surface area (Å²) >= 11 is 1.90. The third kappa shape index (κ3) is 11.8. The number of carbonyl (C=O) groups excluding carboxylic acids is 4. The Balaban J connectivity index is 0.691. The van der Waals surface area contributed by atoms with E-state index in [-0.39, 0.29) is 42.6 Å². The molecule has 60 heavy (non-hydrogen) atoms. The Bertz CT molecular complexity index is 2070. The van der Waals surface area contributed by atoms with Crippen molar-refractivity contribution in [1.29, 1.82) is 0 Å². The number of unbranched alkanes of at least 4 members (excludes halogenated alkanes) is 1. The average Bonchev–Trinajstić information content (AvgIpc) is 3.99. The first-order chi connectivity index (χ1) is 29.4. The number of oxime groups is 1. The third-order valence-electron chi connectivity index (χ3n) is 10.7. The summed E-state index contributed by atoms with van der Waals surface area (Å²) in [5.41, 5.74) is 5.29. The summed E-state index contributed by atoms with van der Waals surface area (Å²) in [7, 11) is 0. The van der Waals surface area contributed by atoms with Gasteiger partial charge in [0.2, 0.25) is 5.91 Å². The molecule has 2 fully saturated rings. The van der Waals surface area contributed by atoms with Gasteiger partial charge in [0, 0.05) is 61.3 Å². The predicted octanol–water partition coefficient (Wildman–Crippen LogP) is 5.12. The standard InChI is InChI=1S/C45H52N6O8S/c52-41(14-6-5-13-40-42-38(30-60-40)48-44(54)49-42)46-21-7-23-56-25-26-57-24-8-22-47-45(55)58-29-31-15-17-33(18-16-31)37-27-35(59-50-37)28-51-39-12-4-2-10-34(39)20-19-32-9-1-3-11-36(32)43(51)53/h1-4,9-12,15-18,35,38,40,42H,5-8,13-14,21-30H2,(H,46,52)(H,47,55)(H2,48,49,54)/t35?,38-,40-,42-/m0/s1. The van der Waals surface area contributed by atoms with Crippen LogP contribution in [0.5, 0.6) is 0 Å². The van der Waals surface area contributed by atoms with Crippen LogP contribution in [0.15, 0.2) is 78.0 Å². The molecule has 5 amide bonds. The molecule has 3 aromatic carbocycles. The van der Waals surface area contributed by atoms with Crippen molar-refractivity contribution in [1.82, 2.24) is 21.3 Å². The zero-order chi connectivity index (χ0) is 41.5. The lowest BCUT2D eigenvalue weighted by Crippen LogP contribution is -2.39. The van der Waals surface area contributed by atoms with Gasteiger partial charge < -0.3 is 45.2 Å². The van der Waals surface area contributed by atoms with Crippen molar-refractivity contribution >= 4 is 47.1 Å². The van der Waals surface area contributed by atoms with Gasteiger partial charge in [0.15, 0.2) is 6.10 Å². The monoisotopic (exact) mass is 836 g/mol. The van der Waals surface area contributed by atoms with Gasteiger partial charge in [0.25, 0.3) is 5.91 Å².